The van der Waals surface area contributed by atoms with Crippen LogP contribution in [-0.2, 0) is 11.2 Å². The summed E-state index contributed by atoms with van der Waals surface area (Å²) in [5, 5.41) is 19.1. The van der Waals surface area contributed by atoms with Crippen LogP contribution in [0, 0.1) is 26.6 Å². The molecule has 3 rings (SSSR count). The van der Waals surface area contributed by atoms with Gasteiger partial charge in [0.25, 0.3) is 0 Å². The molecule has 1 aliphatic carbocycles. The van der Waals surface area contributed by atoms with Gasteiger partial charge in [0.2, 0.25) is 0 Å². The number of carboxylic acids is 1. The lowest BCUT2D eigenvalue weighted by atomic mass is 9.86. The molecule has 156 valence electrons. The predicted molar refractivity (Wildman–Crippen MR) is 108 cm³/mol. The molecule has 6 heteroatoms. The van der Waals surface area contributed by atoms with Gasteiger partial charge < -0.3 is 14.9 Å². The second kappa shape index (κ2) is 8.80. The Morgan fingerprint density at radius 3 is 2.48 bits per heavy atom. The fourth-order valence-corrected chi connectivity index (χ4v) is 4.18. The Labute approximate surface area is 170 Å². The molecule has 1 aliphatic rings. The first kappa shape index (κ1) is 21.1. The number of aliphatic carboxylic acids is 1. The van der Waals surface area contributed by atoms with E-state index in [1.165, 1.54) is 6.42 Å². The quantitative estimate of drug-likeness (QED) is 0.716. The maximum Gasteiger partial charge on any atom is 0.341 e. The lowest BCUT2D eigenvalue weighted by Gasteiger charge is -2.23. The minimum absolute atomic E-state index is 0.00675. The van der Waals surface area contributed by atoms with E-state index in [-0.39, 0.29) is 17.4 Å². The summed E-state index contributed by atoms with van der Waals surface area (Å²) in [6, 6.07) is 3.47. The number of rotatable bonds is 6. The third-order valence-electron chi connectivity index (χ3n) is 5.99. The van der Waals surface area contributed by atoms with E-state index in [9.17, 15) is 14.3 Å². The van der Waals surface area contributed by atoms with Crippen LogP contribution in [0.3, 0.4) is 0 Å². The molecule has 1 aromatic heterocycles. The van der Waals surface area contributed by atoms with Gasteiger partial charge in [0, 0.05) is 18.0 Å². The number of hydrogen-bond donors (Lipinski definition) is 2. The summed E-state index contributed by atoms with van der Waals surface area (Å²) in [6.45, 7) is 4.71. The van der Waals surface area contributed by atoms with Crippen molar-refractivity contribution in [2.24, 2.45) is 0 Å². The van der Waals surface area contributed by atoms with Crippen LogP contribution in [0.1, 0.15) is 71.7 Å². The Hall–Kier alpha value is -2.63. The van der Waals surface area contributed by atoms with Crippen LogP contribution in [0.15, 0.2) is 12.1 Å². The van der Waals surface area contributed by atoms with Crippen LogP contribution in [0.25, 0.3) is 0 Å². The molecule has 0 bridgehead atoms. The van der Waals surface area contributed by atoms with Gasteiger partial charge in [-0.05, 0) is 68.0 Å². The lowest BCUT2D eigenvalue weighted by Crippen LogP contribution is -2.13. The fraction of sp³-hybridized carbons (Fsp3) is 0.478. The van der Waals surface area contributed by atoms with Crippen LogP contribution in [0.2, 0.25) is 0 Å². The first-order valence-electron chi connectivity index (χ1n) is 10.1. The second-order valence-electron chi connectivity index (χ2n) is 7.90. The van der Waals surface area contributed by atoms with Crippen LogP contribution in [0.4, 0.5) is 4.39 Å². The average Bonchev–Trinajstić information content (AvgIpc) is 2.71. The Morgan fingerprint density at radius 1 is 1.14 bits per heavy atom. The van der Waals surface area contributed by atoms with Gasteiger partial charge in [-0.15, -0.1) is 0 Å². The number of ether oxygens (including phenoxy) is 1. The highest BCUT2D eigenvalue weighted by Gasteiger charge is 2.23. The molecule has 0 saturated heterocycles. The summed E-state index contributed by atoms with van der Waals surface area (Å²) in [5.74, 6) is -1.18. The third kappa shape index (κ3) is 4.52. The molecule has 29 heavy (non-hydrogen) atoms. The van der Waals surface area contributed by atoms with Gasteiger partial charge in [0.15, 0.2) is 18.2 Å². The zero-order chi connectivity index (χ0) is 21.1. The summed E-state index contributed by atoms with van der Waals surface area (Å²) >= 11 is 0. The van der Waals surface area contributed by atoms with E-state index in [4.69, 9.17) is 14.8 Å². The van der Waals surface area contributed by atoms with Gasteiger partial charge >= 0.3 is 5.97 Å². The predicted octanol–water partition coefficient (Wildman–Crippen LogP) is 4.95. The average molecular weight is 401 g/mol. The van der Waals surface area contributed by atoms with Crippen molar-refractivity contribution in [1.29, 1.82) is 0 Å². The largest absolute Gasteiger partial charge is 0.506 e. The fourth-order valence-electron chi connectivity index (χ4n) is 4.18. The lowest BCUT2D eigenvalue weighted by molar-refractivity contribution is -0.139. The molecule has 0 aliphatic heterocycles. The maximum atomic E-state index is 14.9. The number of pyridine rings is 1. The van der Waals surface area contributed by atoms with Gasteiger partial charge in [-0.25, -0.2) is 9.18 Å². The van der Waals surface area contributed by atoms with E-state index in [0.717, 1.165) is 48.2 Å². The first-order valence-corrected chi connectivity index (χ1v) is 10.1. The maximum absolute atomic E-state index is 14.9. The summed E-state index contributed by atoms with van der Waals surface area (Å²) < 4.78 is 20.1. The number of benzene rings is 1. The van der Waals surface area contributed by atoms with Crippen molar-refractivity contribution in [2.45, 2.75) is 65.2 Å². The number of hydrogen-bond acceptors (Lipinski definition) is 4. The van der Waals surface area contributed by atoms with Crippen molar-refractivity contribution in [2.75, 3.05) is 6.61 Å². The van der Waals surface area contributed by atoms with E-state index in [0.29, 0.717) is 17.5 Å². The zero-order valence-electron chi connectivity index (χ0n) is 17.2. The molecule has 0 unspecified atom stereocenters. The van der Waals surface area contributed by atoms with Gasteiger partial charge in [0.05, 0.1) is 5.69 Å². The normalized spacial score (nSPS) is 14.8. The number of aromatic hydroxyl groups is 1. The molecular formula is C23H28FNO4. The molecule has 1 heterocycles. The molecule has 2 aromatic rings. The van der Waals surface area contributed by atoms with E-state index in [1.54, 1.807) is 26.0 Å². The Morgan fingerprint density at radius 2 is 1.83 bits per heavy atom. The molecule has 1 fully saturated rings. The van der Waals surface area contributed by atoms with E-state index < -0.39 is 18.4 Å². The second-order valence-corrected chi connectivity index (χ2v) is 7.90. The van der Waals surface area contributed by atoms with Crippen molar-refractivity contribution in [3.05, 3.63) is 51.6 Å². The number of nitrogens with zero attached hydrogens (tertiary/aromatic N) is 1. The molecule has 0 radical (unpaired) electrons. The van der Waals surface area contributed by atoms with Gasteiger partial charge in [0.1, 0.15) is 5.75 Å². The molecule has 2 N–H and O–H groups in total. The Balaban J connectivity index is 1.93. The van der Waals surface area contributed by atoms with Crippen molar-refractivity contribution in [3.8, 4) is 11.5 Å². The van der Waals surface area contributed by atoms with Crippen LogP contribution >= 0.6 is 0 Å². The molecule has 0 spiro atoms. The van der Waals surface area contributed by atoms with Crippen LogP contribution < -0.4 is 4.74 Å². The van der Waals surface area contributed by atoms with E-state index in [2.05, 4.69) is 0 Å². The third-order valence-corrected chi connectivity index (χ3v) is 5.99. The van der Waals surface area contributed by atoms with Crippen molar-refractivity contribution < 1.29 is 24.1 Å². The summed E-state index contributed by atoms with van der Waals surface area (Å²) in [4.78, 5) is 15.5. The smallest absolute Gasteiger partial charge is 0.341 e. The van der Waals surface area contributed by atoms with Gasteiger partial charge in [-0.1, -0.05) is 19.3 Å². The number of aromatic nitrogens is 1. The molecule has 0 amide bonds. The molecule has 1 aromatic carbocycles. The number of carboxylic acid groups (broad SMARTS) is 1. The van der Waals surface area contributed by atoms with Crippen molar-refractivity contribution in [3.63, 3.8) is 0 Å². The molecule has 0 atom stereocenters. The summed E-state index contributed by atoms with van der Waals surface area (Å²) in [6.07, 6.45) is 6.03. The first-order chi connectivity index (χ1) is 13.8. The van der Waals surface area contributed by atoms with Crippen molar-refractivity contribution in [1.82, 2.24) is 4.98 Å². The highest BCUT2D eigenvalue weighted by atomic mass is 19.1. The van der Waals surface area contributed by atoms with Gasteiger partial charge in [-0.2, -0.15) is 0 Å². The minimum Gasteiger partial charge on any atom is -0.506 e. The Kier molecular flexibility index (Phi) is 6.40. The number of halogens is 1. The van der Waals surface area contributed by atoms with E-state index >= 15 is 0 Å². The monoisotopic (exact) mass is 401 g/mol. The number of carbonyl (C=O) groups is 1. The molecule has 1 saturated carbocycles. The highest BCUT2D eigenvalue weighted by Crippen LogP contribution is 2.37. The summed E-state index contributed by atoms with van der Waals surface area (Å²) in [7, 11) is 0. The van der Waals surface area contributed by atoms with Crippen LogP contribution in [0.5, 0.6) is 11.5 Å². The zero-order valence-corrected chi connectivity index (χ0v) is 17.2. The SMILES string of the molecule is Cc1c(C)c(OCC(=O)O)c(F)c(C)c1Cc1ccc(O)c(C2CCCCC2)n1. The Bertz CT molecular complexity index is 891. The standard InChI is InChI=1S/C23H28FNO4/c1-13-14(2)23(29-12-20(27)28)21(24)15(3)18(13)11-17-9-10-19(26)22(25-17)16-7-5-4-6-8-16/h9-10,16,26H,4-8,11-12H2,1-3H3,(H,27,28). The van der Waals surface area contributed by atoms with Gasteiger partial charge in [-0.3, -0.25) is 4.98 Å². The highest BCUT2D eigenvalue weighted by molar-refractivity contribution is 5.68. The minimum atomic E-state index is -1.15. The van der Waals surface area contributed by atoms with E-state index in [1.807, 2.05) is 6.92 Å². The molecule has 5 nitrogen and oxygen atoms in total. The molecular weight excluding hydrogens is 373 g/mol. The summed E-state index contributed by atoms with van der Waals surface area (Å²) in [5.41, 5.74) is 4.23. The van der Waals surface area contributed by atoms with Crippen LogP contribution in [-0.4, -0.2) is 27.8 Å². The topological polar surface area (TPSA) is 79.7 Å². The van der Waals surface area contributed by atoms with Crippen molar-refractivity contribution >= 4 is 5.97 Å².